The molecule has 1 nitrogen and oxygen atoms in total. The van der Waals surface area contributed by atoms with E-state index in [9.17, 15) is 0 Å². The van der Waals surface area contributed by atoms with Crippen molar-refractivity contribution in [2.45, 2.75) is 73.1 Å². The van der Waals surface area contributed by atoms with Crippen molar-refractivity contribution in [1.29, 1.82) is 0 Å². The minimum atomic E-state index is 0.433. The van der Waals surface area contributed by atoms with Gasteiger partial charge >= 0.3 is 0 Å². The molecule has 1 heteroatoms. The highest BCUT2D eigenvalue weighted by Crippen LogP contribution is 2.24. The summed E-state index contributed by atoms with van der Waals surface area (Å²) in [6.07, 6.45) is 8.35. The Kier molecular flexibility index (Phi) is 9.02. The Hall–Kier alpha value is -0.0400. The quantitative estimate of drug-likeness (QED) is 0.537. The van der Waals surface area contributed by atoms with Crippen LogP contribution in [0.4, 0.5) is 0 Å². The van der Waals surface area contributed by atoms with E-state index in [2.05, 4.69) is 39.9 Å². The monoisotopic (exact) mass is 227 g/mol. The highest BCUT2D eigenvalue weighted by atomic mass is 14.9. The molecule has 0 fully saturated rings. The van der Waals surface area contributed by atoms with Gasteiger partial charge in [0.15, 0.2) is 0 Å². The molecule has 0 aromatic rings. The molecule has 0 atom stereocenters. The molecule has 0 aromatic heterocycles. The molecule has 0 aliphatic rings. The molecule has 0 saturated heterocycles. The lowest BCUT2D eigenvalue weighted by atomic mass is 9.81. The van der Waals surface area contributed by atoms with E-state index in [1.807, 2.05) is 0 Å². The summed E-state index contributed by atoms with van der Waals surface area (Å²) in [6, 6.07) is 0. The van der Waals surface area contributed by atoms with Gasteiger partial charge in [0.2, 0.25) is 0 Å². The molecule has 0 bridgehead atoms. The molecule has 0 rings (SSSR count). The number of nitrogens with one attached hydrogen (secondary N) is 1. The molecule has 1 N–H and O–H groups in total. The summed E-state index contributed by atoms with van der Waals surface area (Å²) < 4.78 is 0. The Bertz CT molecular complexity index is 150. The van der Waals surface area contributed by atoms with Crippen molar-refractivity contribution in [3.8, 4) is 0 Å². The summed E-state index contributed by atoms with van der Waals surface area (Å²) in [5.41, 5.74) is 0.433. The summed E-state index contributed by atoms with van der Waals surface area (Å²) >= 11 is 0. The zero-order chi connectivity index (χ0) is 12.4. The third-order valence-corrected chi connectivity index (χ3v) is 3.85. The van der Waals surface area contributed by atoms with Gasteiger partial charge in [0.05, 0.1) is 0 Å². The van der Waals surface area contributed by atoms with Crippen molar-refractivity contribution in [2.75, 3.05) is 13.1 Å². The van der Waals surface area contributed by atoms with Crippen LogP contribution in [0.2, 0.25) is 0 Å². The standard InChI is InChI=1S/C15H33N/c1-6-7-8-9-10-11-12-16-13-15(4,5)14(2)3/h14,16H,6-13H2,1-5H3. The molecular formula is C15H33N. The summed E-state index contributed by atoms with van der Waals surface area (Å²) in [4.78, 5) is 0. The van der Waals surface area contributed by atoms with Gasteiger partial charge in [0, 0.05) is 6.54 Å². The normalized spacial score (nSPS) is 12.4. The van der Waals surface area contributed by atoms with Crippen LogP contribution in [0.3, 0.4) is 0 Å². The van der Waals surface area contributed by atoms with E-state index in [4.69, 9.17) is 0 Å². The molecule has 0 unspecified atom stereocenters. The molecule has 0 saturated carbocycles. The van der Waals surface area contributed by atoms with Crippen LogP contribution in [-0.2, 0) is 0 Å². The average molecular weight is 227 g/mol. The molecule has 0 aliphatic heterocycles. The van der Waals surface area contributed by atoms with E-state index < -0.39 is 0 Å². The number of unbranched alkanes of at least 4 members (excludes halogenated alkanes) is 5. The maximum atomic E-state index is 3.60. The fourth-order valence-corrected chi connectivity index (χ4v) is 1.65. The van der Waals surface area contributed by atoms with Gasteiger partial charge in [0.25, 0.3) is 0 Å². The number of hydrogen-bond acceptors (Lipinski definition) is 1. The SMILES string of the molecule is CCCCCCCCNCC(C)(C)C(C)C. The van der Waals surface area contributed by atoms with Gasteiger partial charge in [-0.2, -0.15) is 0 Å². The smallest absolute Gasteiger partial charge is 0.000496 e. The van der Waals surface area contributed by atoms with Crippen molar-refractivity contribution in [3.63, 3.8) is 0 Å². The Balaban J connectivity index is 3.27. The predicted octanol–water partition coefficient (Wildman–Crippen LogP) is 4.62. The molecular weight excluding hydrogens is 194 g/mol. The molecule has 0 heterocycles. The number of hydrogen-bond donors (Lipinski definition) is 1. The van der Waals surface area contributed by atoms with Gasteiger partial charge in [-0.1, -0.05) is 66.7 Å². The third kappa shape index (κ3) is 8.15. The second kappa shape index (κ2) is 9.04. The van der Waals surface area contributed by atoms with E-state index in [0.29, 0.717) is 5.41 Å². The first-order valence-corrected chi connectivity index (χ1v) is 7.21. The van der Waals surface area contributed by atoms with Gasteiger partial charge in [-0.15, -0.1) is 0 Å². The maximum absolute atomic E-state index is 3.60. The van der Waals surface area contributed by atoms with Crippen molar-refractivity contribution >= 4 is 0 Å². The average Bonchev–Trinajstić information content (AvgIpc) is 2.21. The Morgan fingerprint density at radius 3 is 2.06 bits per heavy atom. The van der Waals surface area contributed by atoms with Gasteiger partial charge in [-0.3, -0.25) is 0 Å². The van der Waals surface area contributed by atoms with Gasteiger partial charge < -0.3 is 5.32 Å². The van der Waals surface area contributed by atoms with E-state index in [-0.39, 0.29) is 0 Å². The van der Waals surface area contributed by atoms with Crippen molar-refractivity contribution < 1.29 is 0 Å². The van der Waals surface area contributed by atoms with E-state index in [0.717, 1.165) is 12.5 Å². The topological polar surface area (TPSA) is 12.0 Å². The second-order valence-corrected chi connectivity index (χ2v) is 6.09. The second-order valence-electron chi connectivity index (χ2n) is 6.09. The lowest BCUT2D eigenvalue weighted by molar-refractivity contribution is 0.238. The van der Waals surface area contributed by atoms with Crippen LogP contribution in [0.5, 0.6) is 0 Å². The lowest BCUT2D eigenvalue weighted by Crippen LogP contribution is -2.33. The Morgan fingerprint density at radius 2 is 1.50 bits per heavy atom. The first-order chi connectivity index (χ1) is 7.50. The van der Waals surface area contributed by atoms with Crippen molar-refractivity contribution in [1.82, 2.24) is 5.32 Å². The minimum absolute atomic E-state index is 0.433. The zero-order valence-electron chi connectivity index (χ0n) is 12.2. The van der Waals surface area contributed by atoms with Gasteiger partial charge in [-0.05, 0) is 24.3 Å². The molecule has 16 heavy (non-hydrogen) atoms. The van der Waals surface area contributed by atoms with Gasteiger partial charge in [-0.25, -0.2) is 0 Å². The fourth-order valence-electron chi connectivity index (χ4n) is 1.65. The molecule has 0 amide bonds. The highest BCUT2D eigenvalue weighted by molar-refractivity contribution is 4.74. The summed E-state index contributed by atoms with van der Waals surface area (Å²) in [6.45, 7) is 14.0. The predicted molar refractivity (Wildman–Crippen MR) is 74.9 cm³/mol. The zero-order valence-corrected chi connectivity index (χ0v) is 12.2. The summed E-state index contributed by atoms with van der Waals surface area (Å²) in [7, 11) is 0. The van der Waals surface area contributed by atoms with Gasteiger partial charge in [0.1, 0.15) is 0 Å². The number of rotatable bonds is 10. The lowest BCUT2D eigenvalue weighted by Gasteiger charge is -2.29. The van der Waals surface area contributed by atoms with Crippen LogP contribution in [0.15, 0.2) is 0 Å². The van der Waals surface area contributed by atoms with E-state index in [1.54, 1.807) is 0 Å². The molecule has 0 radical (unpaired) electrons. The van der Waals surface area contributed by atoms with E-state index in [1.165, 1.54) is 45.1 Å². The summed E-state index contributed by atoms with van der Waals surface area (Å²) in [5, 5.41) is 3.60. The maximum Gasteiger partial charge on any atom is 0.000496 e. The van der Waals surface area contributed by atoms with E-state index >= 15 is 0 Å². The van der Waals surface area contributed by atoms with Crippen LogP contribution in [-0.4, -0.2) is 13.1 Å². The third-order valence-electron chi connectivity index (χ3n) is 3.85. The largest absolute Gasteiger partial charge is 0.316 e. The summed E-state index contributed by atoms with van der Waals surface area (Å²) in [5.74, 6) is 0.754. The molecule has 0 aliphatic carbocycles. The Labute approximate surface area is 103 Å². The first kappa shape index (κ1) is 16.0. The molecule has 0 spiro atoms. The minimum Gasteiger partial charge on any atom is -0.316 e. The van der Waals surface area contributed by atoms with Crippen LogP contribution < -0.4 is 5.32 Å². The highest BCUT2D eigenvalue weighted by Gasteiger charge is 2.21. The van der Waals surface area contributed by atoms with Crippen LogP contribution in [0.1, 0.15) is 73.1 Å². The fraction of sp³-hybridized carbons (Fsp3) is 1.00. The van der Waals surface area contributed by atoms with Crippen LogP contribution >= 0.6 is 0 Å². The van der Waals surface area contributed by atoms with Crippen molar-refractivity contribution in [2.24, 2.45) is 11.3 Å². The molecule has 0 aromatic carbocycles. The van der Waals surface area contributed by atoms with Crippen LogP contribution in [0.25, 0.3) is 0 Å². The van der Waals surface area contributed by atoms with Crippen LogP contribution in [0, 0.1) is 11.3 Å². The first-order valence-electron chi connectivity index (χ1n) is 7.21. The Morgan fingerprint density at radius 1 is 0.938 bits per heavy atom. The molecule has 98 valence electrons. The van der Waals surface area contributed by atoms with Crippen molar-refractivity contribution in [3.05, 3.63) is 0 Å².